The Kier molecular flexibility index (Phi) is 7.41. The summed E-state index contributed by atoms with van der Waals surface area (Å²) in [6.45, 7) is 5.95. The molecule has 4 rings (SSSR count). The third kappa shape index (κ3) is 5.17. The molecule has 1 fully saturated rings. The van der Waals surface area contributed by atoms with Gasteiger partial charge in [-0.05, 0) is 63.0 Å². The molecule has 8 nitrogen and oxygen atoms in total. The van der Waals surface area contributed by atoms with Crippen LogP contribution in [0.1, 0.15) is 23.6 Å². The molecular weight excluding hydrogens is 448 g/mol. The molecule has 0 radical (unpaired) electrons. The van der Waals surface area contributed by atoms with Gasteiger partial charge in [-0.1, -0.05) is 24.8 Å². The smallest absolute Gasteiger partial charge is 0.295 e. The summed E-state index contributed by atoms with van der Waals surface area (Å²) in [5.41, 5.74) is 1.09. The molecule has 0 aromatic heterocycles. The number of likely N-dealkylation sites (tertiary alicyclic amines) is 1. The van der Waals surface area contributed by atoms with Crippen molar-refractivity contribution in [2.75, 3.05) is 47.0 Å². The number of rotatable bonds is 9. The van der Waals surface area contributed by atoms with Crippen LogP contribution < -0.4 is 14.2 Å². The van der Waals surface area contributed by atoms with Crippen LogP contribution in [0.4, 0.5) is 0 Å². The molecule has 1 amide bonds. The molecule has 8 heteroatoms. The molecule has 2 aliphatic heterocycles. The van der Waals surface area contributed by atoms with Crippen LogP contribution in [-0.2, 0) is 9.59 Å². The third-order valence-electron chi connectivity index (χ3n) is 5.90. The normalized spacial score (nSPS) is 18.7. The van der Waals surface area contributed by atoms with Crippen LogP contribution in [0.3, 0.4) is 0 Å². The molecule has 2 aromatic carbocycles. The zero-order valence-corrected chi connectivity index (χ0v) is 20.0. The topological polar surface area (TPSA) is 88.5 Å². The minimum absolute atomic E-state index is 0.0393. The van der Waals surface area contributed by atoms with E-state index in [9.17, 15) is 14.7 Å². The lowest BCUT2D eigenvalue weighted by molar-refractivity contribution is -0.139. The van der Waals surface area contributed by atoms with Gasteiger partial charge in [-0.15, -0.1) is 0 Å². The molecule has 184 valence electrons. The molecule has 1 N–H and O–H groups in total. The van der Waals surface area contributed by atoms with Gasteiger partial charge in [-0.25, -0.2) is 0 Å². The Bertz CT molecular complexity index is 1160. The van der Waals surface area contributed by atoms with Crippen LogP contribution in [0, 0.1) is 0 Å². The minimum Gasteiger partial charge on any atom is -0.507 e. The van der Waals surface area contributed by atoms with Crippen LogP contribution in [0.25, 0.3) is 5.76 Å². The van der Waals surface area contributed by atoms with Gasteiger partial charge in [0.15, 0.2) is 11.5 Å². The van der Waals surface area contributed by atoms with Gasteiger partial charge in [-0.2, -0.15) is 0 Å². The average molecular weight is 479 g/mol. The first-order valence-electron chi connectivity index (χ1n) is 11.6. The fourth-order valence-corrected chi connectivity index (χ4v) is 4.29. The average Bonchev–Trinajstić information content (AvgIpc) is 3.11. The van der Waals surface area contributed by atoms with Crippen LogP contribution in [0.5, 0.6) is 17.2 Å². The molecule has 2 aromatic rings. The van der Waals surface area contributed by atoms with Crippen molar-refractivity contribution in [3.05, 3.63) is 71.8 Å². The van der Waals surface area contributed by atoms with Crippen molar-refractivity contribution in [3.8, 4) is 17.2 Å². The summed E-state index contributed by atoms with van der Waals surface area (Å²) in [5, 5.41) is 11.3. The van der Waals surface area contributed by atoms with Gasteiger partial charge in [0.25, 0.3) is 11.7 Å². The maximum Gasteiger partial charge on any atom is 0.295 e. The predicted molar refractivity (Wildman–Crippen MR) is 132 cm³/mol. The van der Waals surface area contributed by atoms with E-state index in [4.69, 9.17) is 14.2 Å². The standard InChI is InChI=1S/C27H30N2O6/c1-4-13-33-20-8-5-7-18(16-20)24-23(26(31)27(32)29(24)12-6-11-28(2)3)25(30)19-9-10-21-22(17-19)35-15-14-34-21/h4-5,7-10,16-17,24,30H,1,6,11-15H2,2-3H3/b25-23+/t24-/m1/s1. The van der Waals surface area contributed by atoms with E-state index >= 15 is 0 Å². The van der Waals surface area contributed by atoms with E-state index in [1.807, 2.05) is 25.1 Å². The highest BCUT2D eigenvalue weighted by molar-refractivity contribution is 6.46. The zero-order valence-electron chi connectivity index (χ0n) is 20.0. The van der Waals surface area contributed by atoms with Crippen molar-refractivity contribution >= 4 is 17.4 Å². The highest BCUT2D eigenvalue weighted by Crippen LogP contribution is 2.41. The van der Waals surface area contributed by atoms with Gasteiger partial charge >= 0.3 is 0 Å². The van der Waals surface area contributed by atoms with E-state index in [1.54, 1.807) is 42.5 Å². The van der Waals surface area contributed by atoms with Crippen molar-refractivity contribution in [2.45, 2.75) is 12.5 Å². The zero-order chi connectivity index (χ0) is 24.9. The van der Waals surface area contributed by atoms with E-state index in [0.29, 0.717) is 61.2 Å². The minimum atomic E-state index is -0.752. The van der Waals surface area contributed by atoms with Crippen LogP contribution in [0.15, 0.2) is 60.7 Å². The lowest BCUT2D eigenvalue weighted by atomic mass is 9.95. The second-order valence-electron chi connectivity index (χ2n) is 8.68. The van der Waals surface area contributed by atoms with Gasteiger partial charge in [-0.3, -0.25) is 9.59 Å². The molecule has 0 spiro atoms. The molecule has 0 saturated carbocycles. The van der Waals surface area contributed by atoms with Gasteiger partial charge in [0, 0.05) is 12.1 Å². The number of hydrogen-bond donors (Lipinski definition) is 1. The lowest BCUT2D eigenvalue weighted by Gasteiger charge is -2.26. The Balaban J connectivity index is 1.78. The second kappa shape index (κ2) is 10.7. The number of carbonyl (C=O) groups excluding carboxylic acids is 2. The Morgan fingerprint density at radius 2 is 1.94 bits per heavy atom. The number of ketones is 1. The molecule has 1 atom stereocenters. The largest absolute Gasteiger partial charge is 0.507 e. The van der Waals surface area contributed by atoms with E-state index in [0.717, 1.165) is 6.54 Å². The summed E-state index contributed by atoms with van der Waals surface area (Å²) < 4.78 is 16.9. The molecule has 0 aliphatic carbocycles. The molecule has 0 unspecified atom stereocenters. The first-order chi connectivity index (χ1) is 16.9. The quantitative estimate of drug-likeness (QED) is 0.256. The highest BCUT2D eigenvalue weighted by atomic mass is 16.6. The van der Waals surface area contributed by atoms with Crippen LogP contribution >= 0.6 is 0 Å². The summed E-state index contributed by atoms with van der Waals surface area (Å²) >= 11 is 0. The number of benzene rings is 2. The van der Waals surface area contributed by atoms with Crippen molar-refractivity contribution in [1.82, 2.24) is 9.80 Å². The number of aliphatic hydroxyl groups is 1. The van der Waals surface area contributed by atoms with E-state index in [2.05, 4.69) is 6.58 Å². The Labute approximate surface area is 205 Å². The summed E-state index contributed by atoms with van der Waals surface area (Å²) in [6.07, 6.45) is 2.31. The van der Waals surface area contributed by atoms with Crippen LogP contribution in [0.2, 0.25) is 0 Å². The van der Waals surface area contributed by atoms with Crippen LogP contribution in [-0.4, -0.2) is 73.6 Å². The monoisotopic (exact) mass is 478 g/mol. The van der Waals surface area contributed by atoms with Crippen molar-refractivity contribution in [3.63, 3.8) is 0 Å². The number of amides is 1. The Morgan fingerprint density at radius 1 is 1.17 bits per heavy atom. The lowest BCUT2D eigenvalue weighted by Crippen LogP contribution is -2.32. The Morgan fingerprint density at radius 3 is 2.69 bits per heavy atom. The number of ether oxygens (including phenoxy) is 3. The van der Waals surface area contributed by atoms with Gasteiger partial charge in [0.2, 0.25) is 0 Å². The maximum atomic E-state index is 13.2. The summed E-state index contributed by atoms with van der Waals surface area (Å²) in [4.78, 5) is 29.9. The predicted octanol–water partition coefficient (Wildman–Crippen LogP) is 3.40. The van der Waals surface area contributed by atoms with E-state index in [-0.39, 0.29) is 11.3 Å². The number of carbonyl (C=O) groups is 2. The van der Waals surface area contributed by atoms with Gasteiger partial charge in [0.05, 0.1) is 11.6 Å². The number of fused-ring (bicyclic) bond motifs is 1. The molecule has 0 bridgehead atoms. The van der Waals surface area contributed by atoms with Crippen molar-refractivity contribution in [1.29, 1.82) is 0 Å². The molecule has 2 aliphatic rings. The van der Waals surface area contributed by atoms with Gasteiger partial charge in [0.1, 0.15) is 31.3 Å². The first-order valence-corrected chi connectivity index (χ1v) is 11.6. The molecule has 35 heavy (non-hydrogen) atoms. The first kappa shape index (κ1) is 24.3. The number of nitrogens with zero attached hydrogens (tertiary/aromatic N) is 2. The molecule has 1 saturated heterocycles. The van der Waals surface area contributed by atoms with E-state index < -0.39 is 17.7 Å². The summed E-state index contributed by atoms with van der Waals surface area (Å²) in [7, 11) is 3.90. The fraction of sp³-hybridized carbons (Fsp3) is 0.333. The van der Waals surface area contributed by atoms with E-state index in [1.165, 1.54) is 4.90 Å². The highest BCUT2D eigenvalue weighted by Gasteiger charge is 2.46. The van der Waals surface area contributed by atoms with Crippen molar-refractivity contribution < 1.29 is 28.9 Å². The van der Waals surface area contributed by atoms with Gasteiger partial charge < -0.3 is 29.1 Å². The number of aliphatic hydroxyl groups excluding tert-OH is 1. The maximum absolute atomic E-state index is 13.2. The number of hydrogen-bond acceptors (Lipinski definition) is 7. The summed E-state index contributed by atoms with van der Waals surface area (Å²) in [5.74, 6) is 0.0332. The third-order valence-corrected chi connectivity index (χ3v) is 5.90. The molecule has 2 heterocycles. The van der Waals surface area contributed by atoms with Crippen molar-refractivity contribution in [2.24, 2.45) is 0 Å². The summed E-state index contributed by atoms with van der Waals surface area (Å²) in [6, 6.07) is 11.4. The fourth-order valence-electron chi connectivity index (χ4n) is 4.29. The SMILES string of the molecule is C=CCOc1cccc([C@@H]2/C(=C(\O)c3ccc4c(c3)OCCO4)C(=O)C(=O)N2CCCN(C)C)c1. The Hall–Kier alpha value is -3.78. The number of Topliss-reactive ketones (excluding diaryl/α,β-unsaturated/α-hetero) is 1. The molecular formula is C27H30N2O6. The second-order valence-corrected chi connectivity index (χ2v) is 8.68.